The molecule has 0 saturated heterocycles. The number of nitrogens with zero attached hydrogens (tertiary/aromatic N) is 5. The van der Waals surface area contributed by atoms with Gasteiger partial charge in [-0.1, -0.05) is 33.3 Å². The van der Waals surface area contributed by atoms with Crippen molar-refractivity contribution in [2.24, 2.45) is 0 Å². The molecule has 17 nitrogen and oxygen atoms in total. The van der Waals surface area contributed by atoms with Gasteiger partial charge in [0.1, 0.15) is 17.5 Å². The summed E-state index contributed by atoms with van der Waals surface area (Å²) in [6, 6.07) is 13.2. The molecule has 1 atom stereocenters. The summed E-state index contributed by atoms with van der Waals surface area (Å²) in [5.41, 5.74) is 2.82. The molecule has 4 aromatic rings. The van der Waals surface area contributed by atoms with E-state index in [1.54, 1.807) is 62.5 Å². The number of imide groups is 1. The van der Waals surface area contributed by atoms with Gasteiger partial charge in [0.05, 0.1) is 12.2 Å². The largest absolute Gasteiger partial charge is 0.508 e. The molecule has 5 N–H and O–H groups in total. The van der Waals surface area contributed by atoms with Crippen LogP contribution in [0.5, 0.6) is 11.5 Å². The summed E-state index contributed by atoms with van der Waals surface area (Å²) in [7, 11) is 1.61. The Hall–Kier alpha value is -6.78. The number of phenols is 2. The number of aromatic nitrogens is 3. The van der Waals surface area contributed by atoms with Gasteiger partial charge in [0.25, 0.3) is 17.7 Å². The van der Waals surface area contributed by atoms with Gasteiger partial charge in [-0.25, -0.2) is 4.79 Å². The minimum Gasteiger partial charge on any atom is -0.508 e. The number of benzene rings is 3. The van der Waals surface area contributed by atoms with Gasteiger partial charge in [-0.2, -0.15) is 0 Å². The van der Waals surface area contributed by atoms with Crippen LogP contribution in [-0.4, -0.2) is 104 Å². The van der Waals surface area contributed by atoms with Crippen molar-refractivity contribution in [1.29, 1.82) is 0 Å². The summed E-state index contributed by atoms with van der Waals surface area (Å²) in [4.78, 5) is 78.6. The second-order valence-corrected chi connectivity index (χ2v) is 13.7. The highest BCUT2D eigenvalue weighted by Crippen LogP contribution is 2.38. The van der Waals surface area contributed by atoms with Crippen LogP contribution in [0.25, 0.3) is 17.1 Å². The van der Waals surface area contributed by atoms with Crippen LogP contribution >= 0.6 is 0 Å². The van der Waals surface area contributed by atoms with Crippen LogP contribution in [0.1, 0.15) is 95.3 Å². The Morgan fingerprint density at radius 2 is 1.74 bits per heavy atom. The van der Waals surface area contributed by atoms with Crippen molar-refractivity contribution >= 4 is 41.8 Å². The number of hydrogen-bond acceptors (Lipinski definition) is 11. The van der Waals surface area contributed by atoms with E-state index in [-0.39, 0.29) is 72.6 Å². The van der Waals surface area contributed by atoms with Crippen LogP contribution in [0.3, 0.4) is 0 Å². The van der Waals surface area contributed by atoms with E-state index in [2.05, 4.69) is 26.1 Å². The number of anilines is 1. The number of carbonyl (C=O) groups is 6. The number of amides is 6. The molecule has 6 amide bonds. The monoisotopic (exact) mass is 782 g/mol. The first-order valence-electron chi connectivity index (χ1n) is 18.6. The maximum atomic E-state index is 13.3. The summed E-state index contributed by atoms with van der Waals surface area (Å²) in [5.74, 6) is -2.07. The molecule has 300 valence electrons. The predicted molar refractivity (Wildman–Crippen MR) is 208 cm³/mol. The Bertz CT molecular complexity index is 2170. The van der Waals surface area contributed by atoms with Crippen LogP contribution in [0.2, 0.25) is 0 Å². The first kappa shape index (κ1) is 41.4. The fourth-order valence-electron chi connectivity index (χ4n) is 6.59. The molecule has 0 saturated carbocycles. The second-order valence-electron chi connectivity index (χ2n) is 13.7. The minimum atomic E-state index is -0.851. The average Bonchev–Trinajstić information content (AvgIpc) is 3.77. The van der Waals surface area contributed by atoms with Gasteiger partial charge < -0.3 is 30.1 Å². The zero-order chi connectivity index (χ0) is 41.4. The van der Waals surface area contributed by atoms with E-state index in [0.29, 0.717) is 59.4 Å². The van der Waals surface area contributed by atoms with Crippen LogP contribution < -0.4 is 16.0 Å². The molecule has 5 rings (SSSR count). The number of nitrogens with one attached hydrogen (secondary N) is 3. The van der Waals surface area contributed by atoms with Crippen molar-refractivity contribution in [3.8, 4) is 28.6 Å². The van der Waals surface area contributed by atoms with E-state index in [1.807, 2.05) is 20.8 Å². The van der Waals surface area contributed by atoms with Gasteiger partial charge in [0.15, 0.2) is 5.82 Å². The van der Waals surface area contributed by atoms with Gasteiger partial charge in [0.2, 0.25) is 18.1 Å². The van der Waals surface area contributed by atoms with E-state index in [4.69, 9.17) is 4.74 Å². The topological polar surface area (TPSA) is 225 Å². The van der Waals surface area contributed by atoms with Crippen molar-refractivity contribution in [2.75, 3.05) is 32.1 Å². The Morgan fingerprint density at radius 1 is 1.00 bits per heavy atom. The lowest BCUT2D eigenvalue weighted by atomic mass is 9.98. The van der Waals surface area contributed by atoms with E-state index in [1.165, 1.54) is 20.4 Å². The van der Waals surface area contributed by atoms with Gasteiger partial charge in [0, 0.05) is 60.8 Å². The molecule has 17 heteroatoms. The highest BCUT2D eigenvalue weighted by Gasteiger charge is 2.37. The number of aromatic hydroxyl groups is 2. The third-order valence-electron chi connectivity index (χ3n) is 9.48. The van der Waals surface area contributed by atoms with Crippen LogP contribution in [-0.2, 0) is 20.9 Å². The molecule has 1 unspecified atom stereocenters. The van der Waals surface area contributed by atoms with Gasteiger partial charge in [-0.15, -0.1) is 10.2 Å². The summed E-state index contributed by atoms with van der Waals surface area (Å²) < 4.78 is 6.84. The highest BCUT2D eigenvalue weighted by atomic mass is 16.5. The molecule has 0 fully saturated rings. The predicted octanol–water partition coefficient (Wildman–Crippen LogP) is 4.33. The molecular weight excluding hydrogens is 736 g/mol. The fourth-order valence-corrected chi connectivity index (χ4v) is 6.59. The first-order valence-corrected chi connectivity index (χ1v) is 18.6. The van der Waals surface area contributed by atoms with Crippen molar-refractivity contribution in [3.05, 3.63) is 82.7 Å². The molecule has 1 aromatic heterocycles. The maximum Gasteiger partial charge on any atom is 0.411 e. The smallest absolute Gasteiger partial charge is 0.411 e. The van der Waals surface area contributed by atoms with Crippen LogP contribution in [0, 0.1) is 0 Å². The Labute approximate surface area is 329 Å². The third kappa shape index (κ3) is 9.03. The SMILES string of the molecule is CCCC(C(=O)NC=O)N1Cc2c(NC(=O)OCCCN(C)C(=O)c3ccc(-n4c(C(=O)NCC)nnc4-c4cc(C(C)C)c(O)cc4O)cc3)cccc2C1=O. The summed E-state index contributed by atoms with van der Waals surface area (Å²) in [6.07, 6.45) is 0.787. The number of fused-ring (bicyclic) bond motifs is 1. The minimum absolute atomic E-state index is 0.0193. The normalized spacial score (nSPS) is 12.5. The van der Waals surface area contributed by atoms with E-state index in [0.717, 1.165) is 0 Å². The van der Waals surface area contributed by atoms with Gasteiger partial charge >= 0.3 is 6.09 Å². The fraction of sp³-hybridized carbons (Fsp3) is 0.350. The molecule has 2 heterocycles. The lowest BCUT2D eigenvalue weighted by Crippen LogP contribution is -2.46. The molecule has 1 aliphatic rings. The van der Waals surface area contributed by atoms with Gasteiger partial charge in [-0.05, 0) is 73.7 Å². The third-order valence-corrected chi connectivity index (χ3v) is 9.48. The number of ether oxygens (including phenoxy) is 1. The lowest BCUT2D eigenvalue weighted by Gasteiger charge is -2.25. The number of rotatable bonds is 16. The average molecular weight is 783 g/mol. The van der Waals surface area contributed by atoms with Gasteiger partial charge in [-0.3, -0.25) is 39.2 Å². The van der Waals surface area contributed by atoms with E-state index < -0.39 is 23.9 Å². The molecule has 0 bridgehead atoms. The zero-order valence-electron chi connectivity index (χ0n) is 32.4. The van der Waals surface area contributed by atoms with Crippen LogP contribution in [0.4, 0.5) is 10.5 Å². The molecule has 1 aliphatic heterocycles. The maximum absolute atomic E-state index is 13.3. The van der Waals surface area contributed by atoms with Crippen molar-refractivity contribution in [3.63, 3.8) is 0 Å². The molecule has 0 aliphatic carbocycles. The lowest BCUT2D eigenvalue weighted by molar-refractivity contribution is -0.129. The number of carbonyl (C=O) groups excluding carboxylic acids is 6. The zero-order valence-corrected chi connectivity index (χ0v) is 32.4. The summed E-state index contributed by atoms with van der Waals surface area (Å²) in [5, 5.41) is 37.0. The molecule has 0 radical (unpaired) electrons. The molecule has 3 aromatic carbocycles. The second kappa shape index (κ2) is 18.2. The Morgan fingerprint density at radius 3 is 2.40 bits per heavy atom. The standard InChI is InChI=1S/C40H46N8O9/c1-6-10-31(36(52)42-22-49)47-21-29-26(39(47)55)11-8-12-30(29)43-40(56)57-18-9-17-46(5)38(54)24-13-15-25(16-14-24)48-34(44-45-35(48)37(53)41-7-2)28-19-27(23(3)4)32(50)20-33(28)51/h8,11-16,19-20,22-23,31,50-51H,6-7,9-10,17-18,21H2,1-5H3,(H,41,53)(H,43,56)(H,42,49,52). The number of phenolic OH excluding ortho intramolecular Hbond substituents is 2. The van der Waals surface area contributed by atoms with Crippen molar-refractivity contribution in [2.45, 2.75) is 65.5 Å². The van der Waals surface area contributed by atoms with Crippen molar-refractivity contribution in [1.82, 2.24) is 35.2 Å². The Kier molecular flexibility index (Phi) is 13.2. The number of hydrogen-bond donors (Lipinski definition) is 5. The van der Waals surface area contributed by atoms with Crippen molar-refractivity contribution < 1.29 is 43.7 Å². The Balaban J connectivity index is 1.21. The van der Waals surface area contributed by atoms with E-state index in [9.17, 15) is 39.0 Å². The summed E-state index contributed by atoms with van der Waals surface area (Å²) in [6.45, 7) is 8.03. The molecule has 0 spiro atoms. The molecule has 57 heavy (non-hydrogen) atoms. The van der Waals surface area contributed by atoms with Crippen LogP contribution in [0.15, 0.2) is 54.6 Å². The van der Waals surface area contributed by atoms with E-state index >= 15 is 0 Å². The summed E-state index contributed by atoms with van der Waals surface area (Å²) >= 11 is 0. The molecular formula is C40H46N8O9. The quantitative estimate of drug-likeness (QED) is 0.0795. The highest BCUT2D eigenvalue weighted by molar-refractivity contribution is 6.04. The first-order chi connectivity index (χ1) is 27.3.